The number of piperazine rings is 1. The van der Waals surface area contributed by atoms with Crippen molar-refractivity contribution in [2.75, 3.05) is 19.6 Å². The molecule has 0 aromatic rings. The van der Waals surface area contributed by atoms with Crippen molar-refractivity contribution >= 4 is 17.8 Å². The Labute approximate surface area is 125 Å². The van der Waals surface area contributed by atoms with E-state index in [0.29, 0.717) is 13.1 Å². The quantitative estimate of drug-likeness (QED) is 0.574. The largest absolute Gasteiger partial charge is 0.459 e. The van der Waals surface area contributed by atoms with E-state index in [1.54, 1.807) is 25.7 Å². The van der Waals surface area contributed by atoms with Crippen LogP contribution in [0.1, 0.15) is 46.5 Å². The summed E-state index contributed by atoms with van der Waals surface area (Å²) in [6, 6.07) is 0.199. The number of carbonyl (C=O) groups excluding carboxylic acids is 3. The van der Waals surface area contributed by atoms with Gasteiger partial charge in [0.15, 0.2) is 0 Å². The molecule has 0 radical (unpaired) electrons. The fraction of sp³-hybridized carbons (Fsp3) is 0.800. The molecular weight excluding hydrogens is 272 g/mol. The van der Waals surface area contributed by atoms with Crippen molar-refractivity contribution in [2.45, 2.75) is 58.1 Å². The fourth-order valence-electron chi connectivity index (χ4n) is 2.93. The fourth-order valence-corrected chi connectivity index (χ4v) is 2.93. The summed E-state index contributed by atoms with van der Waals surface area (Å²) in [5.74, 6) is -1.53. The number of carbonyl (C=O) groups is 3. The summed E-state index contributed by atoms with van der Waals surface area (Å²) in [7, 11) is 0. The van der Waals surface area contributed by atoms with Crippen LogP contribution in [0, 0.1) is 0 Å². The molecule has 0 spiro atoms. The second kappa shape index (κ2) is 6.03. The van der Waals surface area contributed by atoms with E-state index in [9.17, 15) is 14.4 Å². The molecule has 1 saturated heterocycles. The van der Waals surface area contributed by atoms with Gasteiger partial charge in [0, 0.05) is 19.1 Å². The Hall–Kier alpha value is -1.59. The second-order valence-corrected chi connectivity index (χ2v) is 6.75. The van der Waals surface area contributed by atoms with Gasteiger partial charge in [0.2, 0.25) is 0 Å². The van der Waals surface area contributed by atoms with Gasteiger partial charge < -0.3 is 14.5 Å². The Kier molecular flexibility index (Phi) is 4.54. The molecule has 2 fully saturated rings. The molecule has 21 heavy (non-hydrogen) atoms. The lowest BCUT2D eigenvalue weighted by Crippen LogP contribution is -2.58. The second-order valence-electron chi connectivity index (χ2n) is 6.75. The molecule has 0 atom stereocenters. The molecule has 6 heteroatoms. The van der Waals surface area contributed by atoms with E-state index in [0.717, 1.165) is 25.7 Å². The zero-order chi connectivity index (χ0) is 15.6. The van der Waals surface area contributed by atoms with Gasteiger partial charge in [-0.05, 0) is 33.6 Å². The van der Waals surface area contributed by atoms with Crippen molar-refractivity contribution in [3.63, 3.8) is 0 Å². The summed E-state index contributed by atoms with van der Waals surface area (Å²) in [5, 5.41) is 0. The third-order valence-electron chi connectivity index (χ3n) is 3.85. The van der Waals surface area contributed by atoms with Gasteiger partial charge in [0.25, 0.3) is 0 Å². The molecule has 2 rings (SSSR count). The van der Waals surface area contributed by atoms with E-state index in [2.05, 4.69) is 0 Å². The highest BCUT2D eigenvalue weighted by molar-refractivity contribution is 6.35. The van der Waals surface area contributed by atoms with E-state index >= 15 is 0 Å². The molecule has 0 aromatic heterocycles. The predicted octanol–water partition coefficient (Wildman–Crippen LogP) is 0.941. The number of rotatable bonds is 3. The van der Waals surface area contributed by atoms with Crippen LogP contribution in [0.25, 0.3) is 0 Å². The SMILES string of the molecule is CC(C)(C)OC(=O)CN1CCN(C2CCCC2)C(=O)C1=O. The van der Waals surface area contributed by atoms with Crippen LogP contribution in [0.4, 0.5) is 0 Å². The topological polar surface area (TPSA) is 66.9 Å². The monoisotopic (exact) mass is 296 g/mol. The number of hydrogen-bond donors (Lipinski definition) is 0. The Morgan fingerprint density at radius 3 is 2.33 bits per heavy atom. The summed E-state index contributed by atoms with van der Waals surface area (Å²) in [6.45, 7) is 6.08. The van der Waals surface area contributed by atoms with Gasteiger partial charge in [0.05, 0.1) is 0 Å². The van der Waals surface area contributed by atoms with Crippen molar-refractivity contribution in [3.05, 3.63) is 0 Å². The van der Waals surface area contributed by atoms with Crippen LogP contribution in [-0.4, -0.2) is 58.9 Å². The van der Waals surface area contributed by atoms with Gasteiger partial charge in [-0.1, -0.05) is 12.8 Å². The zero-order valence-electron chi connectivity index (χ0n) is 13.1. The lowest BCUT2D eigenvalue weighted by molar-refractivity contribution is -0.165. The first kappa shape index (κ1) is 15.8. The Morgan fingerprint density at radius 1 is 1.14 bits per heavy atom. The smallest absolute Gasteiger partial charge is 0.326 e. The van der Waals surface area contributed by atoms with Crippen LogP contribution in [-0.2, 0) is 19.1 Å². The first-order valence-corrected chi connectivity index (χ1v) is 7.59. The van der Waals surface area contributed by atoms with Gasteiger partial charge in [-0.15, -0.1) is 0 Å². The third-order valence-corrected chi connectivity index (χ3v) is 3.85. The van der Waals surface area contributed by atoms with Crippen LogP contribution in [0.3, 0.4) is 0 Å². The highest BCUT2D eigenvalue weighted by atomic mass is 16.6. The zero-order valence-corrected chi connectivity index (χ0v) is 13.1. The number of amides is 2. The molecule has 0 bridgehead atoms. The summed E-state index contributed by atoms with van der Waals surface area (Å²) in [4.78, 5) is 39.0. The van der Waals surface area contributed by atoms with E-state index in [4.69, 9.17) is 4.74 Å². The Bertz CT molecular complexity index is 435. The third kappa shape index (κ3) is 3.95. The number of hydrogen-bond acceptors (Lipinski definition) is 4. The highest BCUT2D eigenvalue weighted by Crippen LogP contribution is 2.25. The predicted molar refractivity (Wildman–Crippen MR) is 76.4 cm³/mol. The van der Waals surface area contributed by atoms with Crippen molar-refractivity contribution in [2.24, 2.45) is 0 Å². The van der Waals surface area contributed by atoms with E-state index in [1.807, 2.05) is 0 Å². The molecule has 1 aliphatic heterocycles. The lowest BCUT2D eigenvalue weighted by Gasteiger charge is -2.37. The van der Waals surface area contributed by atoms with Gasteiger partial charge in [-0.3, -0.25) is 14.4 Å². The van der Waals surface area contributed by atoms with Crippen LogP contribution >= 0.6 is 0 Å². The molecule has 0 N–H and O–H groups in total. The van der Waals surface area contributed by atoms with E-state index in [1.165, 1.54) is 4.90 Å². The summed E-state index contributed by atoms with van der Waals surface area (Å²) in [6.07, 6.45) is 4.19. The van der Waals surface area contributed by atoms with Gasteiger partial charge in [-0.25, -0.2) is 0 Å². The van der Waals surface area contributed by atoms with Crippen LogP contribution in [0.15, 0.2) is 0 Å². The molecule has 1 aliphatic carbocycles. The van der Waals surface area contributed by atoms with Gasteiger partial charge in [-0.2, -0.15) is 0 Å². The Balaban J connectivity index is 1.92. The lowest BCUT2D eigenvalue weighted by atomic mass is 10.1. The summed E-state index contributed by atoms with van der Waals surface area (Å²) >= 11 is 0. The summed E-state index contributed by atoms with van der Waals surface area (Å²) in [5.41, 5.74) is -0.587. The number of nitrogens with zero attached hydrogens (tertiary/aromatic N) is 2. The standard InChI is InChI=1S/C15H24N2O4/c1-15(2,3)21-12(18)10-16-8-9-17(14(20)13(16)19)11-6-4-5-7-11/h11H,4-10H2,1-3H3. The highest BCUT2D eigenvalue weighted by Gasteiger charge is 2.38. The minimum Gasteiger partial charge on any atom is -0.459 e. The van der Waals surface area contributed by atoms with Crippen molar-refractivity contribution in [1.82, 2.24) is 9.80 Å². The van der Waals surface area contributed by atoms with Gasteiger partial charge in [0.1, 0.15) is 12.1 Å². The molecule has 0 aromatic carbocycles. The van der Waals surface area contributed by atoms with E-state index < -0.39 is 23.4 Å². The molecule has 2 amide bonds. The average Bonchev–Trinajstić information content (AvgIpc) is 2.86. The minimum atomic E-state index is -0.587. The van der Waals surface area contributed by atoms with Crippen LogP contribution < -0.4 is 0 Å². The molecule has 1 heterocycles. The average molecular weight is 296 g/mol. The maximum atomic E-state index is 12.2. The maximum Gasteiger partial charge on any atom is 0.326 e. The molecule has 6 nitrogen and oxygen atoms in total. The van der Waals surface area contributed by atoms with Crippen molar-refractivity contribution in [1.29, 1.82) is 0 Å². The number of ether oxygens (including phenoxy) is 1. The molecule has 1 saturated carbocycles. The normalized spacial score (nSPS) is 21.1. The first-order valence-electron chi connectivity index (χ1n) is 7.59. The maximum absolute atomic E-state index is 12.2. The Morgan fingerprint density at radius 2 is 1.76 bits per heavy atom. The summed E-state index contributed by atoms with van der Waals surface area (Å²) < 4.78 is 5.19. The molecule has 118 valence electrons. The van der Waals surface area contributed by atoms with Crippen molar-refractivity contribution < 1.29 is 19.1 Å². The van der Waals surface area contributed by atoms with Gasteiger partial charge >= 0.3 is 17.8 Å². The van der Waals surface area contributed by atoms with E-state index in [-0.39, 0.29) is 12.6 Å². The van der Waals surface area contributed by atoms with Crippen LogP contribution in [0.5, 0.6) is 0 Å². The van der Waals surface area contributed by atoms with Crippen LogP contribution in [0.2, 0.25) is 0 Å². The minimum absolute atomic E-state index is 0.152. The molecule has 2 aliphatic rings. The first-order chi connectivity index (χ1) is 9.78. The molecule has 0 unspecified atom stereocenters. The number of esters is 1. The molecular formula is C15H24N2O4. The van der Waals surface area contributed by atoms with Crippen molar-refractivity contribution in [3.8, 4) is 0 Å².